The third-order valence-electron chi connectivity index (χ3n) is 4.05. The first-order chi connectivity index (χ1) is 12.5. The summed E-state index contributed by atoms with van der Waals surface area (Å²) in [7, 11) is 0. The van der Waals surface area contributed by atoms with Gasteiger partial charge in [-0.1, -0.05) is 6.92 Å². The van der Waals surface area contributed by atoms with E-state index in [0.29, 0.717) is 25.2 Å². The number of carbonyl (C=O) groups is 3. The lowest BCUT2D eigenvalue weighted by Crippen LogP contribution is -2.50. The van der Waals surface area contributed by atoms with Crippen molar-refractivity contribution in [3.63, 3.8) is 0 Å². The maximum atomic E-state index is 12.8. The molecule has 0 aromatic heterocycles. The maximum absolute atomic E-state index is 12.8. The number of likely N-dealkylation sites (tertiary alicyclic amines) is 1. The van der Waals surface area contributed by atoms with Crippen LogP contribution in [0.1, 0.15) is 26.2 Å². The third kappa shape index (κ3) is 6.67. The summed E-state index contributed by atoms with van der Waals surface area (Å²) in [4.78, 5) is 37.4. The van der Waals surface area contributed by atoms with Crippen LogP contribution in [-0.2, 0) is 14.4 Å². The van der Waals surface area contributed by atoms with E-state index in [1.54, 1.807) is 11.8 Å². The molecule has 1 heterocycles. The van der Waals surface area contributed by atoms with Crippen molar-refractivity contribution in [3.05, 3.63) is 30.1 Å². The molecule has 0 radical (unpaired) electrons. The molecule has 1 fully saturated rings. The summed E-state index contributed by atoms with van der Waals surface area (Å²) in [6, 6.07) is 5.53. The standard InChI is InChI=1S/C18H24FN3O3S/c1-2-16(23)21-15-4-3-9-22(10-15)18(25)12-26-11-17(24)20-14-7-5-13(19)6-8-14/h5-8,15H,2-4,9-12H2,1H3,(H,20,24)(H,21,23). The van der Waals surface area contributed by atoms with Gasteiger partial charge in [0.25, 0.3) is 0 Å². The van der Waals surface area contributed by atoms with E-state index >= 15 is 0 Å². The number of benzene rings is 1. The number of carbonyl (C=O) groups excluding carboxylic acids is 3. The van der Waals surface area contributed by atoms with Crippen molar-refractivity contribution in [1.29, 1.82) is 0 Å². The highest BCUT2D eigenvalue weighted by atomic mass is 32.2. The molecule has 1 aromatic rings. The third-order valence-corrected chi connectivity index (χ3v) is 4.96. The van der Waals surface area contributed by atoms with Crippen LogP contribution >= 0.6 is 11.8 Å². The van der Waals surface area contributed by atoms with Crippen molar-refractivity contribution in [2.75, 3.05) is 29.9 Å². The second kappa shape index (κ2) is 10.2. The molecule has 0 bridgehead atoms. The van der Waals surface area contributed by atoms with Gasteiger partial charge in [-0.15, -0.1) is 11.8 Å². The highest BCUT2D eigenvalue weighted by Gasteiger charge is 2.24. The minimum Gasteiger partial charge on any atom is -0.352 e. The average molecular weight is 381 g/mol. The molecule has 0 aliphatic carbocycles. The van der Waals surface area contributed by atoms with Gasteiger partial charge in [-0.2, -0.15) is 0 Å². The predicted molar refractivity (Wildman–Crippen MR) is 100 cm³/mol. The van der Waals surface area contributed by atoms with Crippen molar-refractivity contribution in [3.8, 4) is 0 Å². The Labute approximate surface area is 156 Å². The quantitative estimate of drug-likeness (QED) is 0.757. The minimum atomic E-state index is -0.363. The van der Waals surface area contributed by atoms with Crippen LogP contribution in [0.4, 0.5) is 10.1 Å². The molecule has 1 atom stereocenters. The average Bonchev–Trinajstić information content (AvgIpc) is 2.63. The summed E-state index contributed by atoms with van der Waals surface area (Å²) in [5.74, 6) is -0.270. The Kier molecular flexibility index (Phi) is 7.90. The van der Waals surface area contributed by atoms with Crippen LogP contribution in [0.15, 0.2) is 24.3 Å². The van der Waals surface area contributed by atoms with Crippen LogP contribution in [0, 0.1) is 5.82 Å². The Morgan fingerprint density at radius 2 is 1.92 bits per heavy atom. The first kappa shape index (κ1) is 20.2. The summed E-state index contributed by atoms with van der Waals surface area (Å²) in [6.45, 7) is 3.00. The Morgan fingerprint density at radius 1 is 1.19 bits per heavy atom. The Morgan fingerprint density at radius 3 is 2.62 bits per heavy atom. The number of amides is 3. The molecule has 1 unspecified atom stereocenters. The van der Waals surface area contributed by atoms with Gasteiger partial charge in [0.1, 0.15) is 5.82 Å². The highest BCUT2D eigenvalue weighted by molar-refractivity contribution is 8.00. The molecule has 2 rings (SSSR count). The lowest BCUT2D eigenvalue weighted by Gasteiger charge is -2.33. The van der Waals surface area contributed by atoms with E-state index < -0.39 is 0 Å². The van der Waals surface area contributed by atoms with E-state index in [2.05, 4.69) is 10.6 Å². The number of nitrogens with zero attached hydrogens (tertiary/aromatic N) is 1. The van der Waals surface area contributed by atoms with Gasteiger partial charge in [-0.3, -0.25) is 14.4 Å². The molecule has 1 aliphatic rings. The molecule has 1 aliphatic heterocycles. The van der Waals surface area contributed by atoms with Crippen LogP contribution in [0.5, 0.6) is 0 Å². The van der Waals surface area contributed by atoms with Crippen molar-refractivity contribution in [2.45, 2.75) is 32.2 Å². The molecule has 3 amide bonds. The van der Waals surface area contributed by atoms with E-state index in [9.17, 15) is 18.8 Å². The van der Waals surface area contributed by atoms with Gasteiger partial charge in [0.2, 0.25) is 17.7 Å². The van der Waals surface area contributed by atoms with Gasteiger partial charge < -0.3 is 15.5 Å². The molecule has 142 valence electrons. The Balaban J connectivity index is 1.69. The molecule has 0 saturated carbocycles. The number of rotatable bonds is 7. The summed E-state index contributed by atoms with van der Waals surface area (Å²) in [5, 5.41) is 5.59. The van der Waals surface area contributed by atoms with E-state index in [-0.39, 0.29) is 41.1 Å². The van der Waals surface area contributed by atoms with Crippen LogP contribution in [0.25, 0.3) is 0 Å². The zero-order valence-electron chi connectivity index (χ0n) is 14.8. The Bertz CT molecular complexity index is 639. The number of hydrogen-bond acceptors (Lipinski definition) is 4. The molecular weight excluding hydrogens is 357 g/mol. The van der Waals surface area contributed by atoms with Gasteiger partial charge in [-0.05, 0) is 37.1 Å². The molecule has 1 aromatic carbocycles. The lowest BCUT2D eigenvalue weighted by atomic mass is 10.1. The first-order valence-corrected chi connectivity index (χ1v) is 9.83. The summed E-state index contributed by atoms with van der Waals surface area (Å²) in [6.07, 6.45) is 2.17. The number of halogens is 1. The normalized spacial score (nSPS) is 16.8. The lowest BCUT2D eigenvalue weighted by molar-refractivity contribution is -0.131. The van der Waals surface area contributed by atoms with E-state index in [1.165, 1.54) is 36.0 Å². The molecule has 26 heavy (non-hydrogen) atoms. The van der Waals surface area contributed by atoms with Gasteiger partial charge in [0.05, 0.1) is 11.5 Å². The number of piperidine rings is 1. The number of thioether (sulfide) groups is 1. The number of hydrogen-bond donors (Lipinski definition) is 2. The van der Waals surface area contributed by atoms with Crippen LogP contribution in [0.3, 0.4) is 0 Å². The van der Waals surface area contributed by atoms with E-state index in [0.717, 1.165) is 12.8 Å². The van der Waals surface area contributed by atoms with Gasteiger partial charge in [0, 0.05) is 31.2 Å². The topological polar surface area (TPSA) is 78.5 Å². The molecule has 0 spiro atoms. The van der Waals surface area contributed by atoms with Crippen molar-refractivity contribution >= 4 is 35.2 Å². The zero-order chi connectivity index (χ0) is 18.9. The molecule has 8 heteroatoms. The van der Waals surface area contributed by atoms with Crippen LogP contribution in [-0.4, -0.2) is 53.3 Å². The van der Waals surface area contributed by atoms with Crippen molar-refractivity contribution in [1.82, 2.24) is 10.2 Å². The van der Waals surface area contributed by atoms with Gasteiger partial charge in [0.15, 0.2) is 0 Å². The van der Waals surface area contributed by atoms with E-state index in [4.69, 9.17) is 0 Å². The highest BCUT2D eigenvalue weighted by Crippen LogP contribution is 2.13. The Hall–Kier alpha value is -2.09. The smallest absolute Gasteiger partial charge is 0.234 e. The SMILES string of the molecule is CCC(=O)NC1CCCN(C(=O)CSCC(=O)Nc2ccc(F)cc2)C1. The second-order valence-electron chi connectivity index (χ2n) is 6.15. The van der Waals surface area contributed by atoms with Gasteiger partial charge in [-0.25, -0.2) is 4.39 Å². The maximum Gasteiger partial charge on any atom is 0.234 e. The van der Waals surface area contributed by atoms with Gasteiger partial charge >= 0.3 is 0 Å². The second-order valence-corrected chi connectivity index (χ2v) is 7.13. The fourth-order valence-electron chi connectivity index (χ4n) is 2.70. The first-order valence-electron chi connectivity index (χ1n) is 8.68. The molecule has 2 N–H and O–H groups in total. The largest absolute Gasteiger partial charge is 0.352 e. The van der Waals surface area contributed by atoms with Crippen LogP contribution < -0.4 is 10.6 Å². The molecule has 6 nitrogen and oxygen atoms in total. The van der Waals surface area contributed by atoms with Crippen molar-refractivity contribution < 1.29 is 18.8 Å². The zero-order valence-corrected chi connectivity index (χ0v) is 15.6. The number of anilines is 1. The fourth-order valence-corrected chi connectivity index (χ4v) is 3.42. The van der Waals surface area contributed by atoms with E-state index in [1.807, 2.05) is 0 Å². The van der Waals surface area contributed by atoms with Crippen LogP contribution in [0.2, 0.25) is 0 Å². The molecule has 1 saturated heterocycles. The number of nitrogens with one attached hydrogen (secondary N) is 2. The minimum absolute atomic E-state index is 0.00358. The summed E-state index contributed by atoms with van der Waals surface area (Å²) in [5.41, 5.74) is 0.522. The monoisotopic (exact) mass is 381 g/mol. The summed E-state index contributed by atoms with van der Waals surface area (Å²) >= 11 is 1.24. The van der Waals surface area contributed by atoms with Crippen molar-refractivity contribution in [2.24, 2.45) is 0 Å². The predicted octanol–water partition coefficient (Wildman–Crippen LogP) is 2.01. The molecular formula is C18H24FN3O3S. The fraction of sp³-hybridized carbons (Fsp3) is 0.500. The summed E-state index contributed by atoms with van der Waals surface area (Å²) < 4.78 is 12.8.